The van der Waals surface area contributed by atoms with Gasteiger partial charge in [0.15, 0.2) is 0 Å². The third kappa shape index (κ3) is 3.37. The zero-order valence-electron chi connectivity index (χ0n) is 11.7. The maximum Gasteiger partial charge on any atom is 0.339 e. The molecule has 0 aliphatic heterocycles. The lowest BCUT2D eigenvalue weighted by Crippen LogP contribution is -2.11. The number of nitro groups is 1. The molecule has 0 N–H and O–H groups in total. The molecule has 0 bridgehead atoms. The fourth-order valence-corrected chi connectivity index (χ4v) is 3.10. The van der Waals surface area contributed by atoms with Crippen molar-refractivity contribution in [1.82, 2.24) is 0 Å². The van der Waals surface area contributed by atoms with Gasteiger partial charge >= 0.3 is 10.1 Å². The molecule has 2 rings (SSSR count). The van der Waals surface area contributed by atoms with E-state index in [1.165, 1.54) is 37.3 Å². The van der Waals surface area contributed by atoms with Crippen molar-refractivity contribution >= 4 is 27.4 Å². The highest BCUT2D eigenvalue weighted by Crippen LogP contribution is 2.27. The van der Waals surface area contributed by atoms with Crippen LogP contribution in [-0.4, -0.2) is 13.3 Å². The fourth-order valence-electron chi connectivity index (χ4n) is 1.81. The minimum absolute atomic E-state index is 0.0906. The summed E-state index contributed by atoms with van der Waals surface area (Å²) in [7, 11) is -4.18. The van der Waals surface area contributed by atoms with Crippen molar-refractivity contribution in [2.45, 2.75) is 18.7 Å². The van der Waals surface area contributed by atoms with Crippen LogP contribution >= 0.6 is 11.6 Å². The fraction of sp³-hybridized carbons (Fsp3) is 0.143. The van der Waals surface area contributed by atoms with Crippen LogP contribution in [-0.2, 0) is 10.1 Å². The average molecular weight is 342 g/mol. The standard InChI is InChI=1S/C14H12ClNO5S/c1-9-3-4-11(16(17)18)8-14(9)22(19,20)21-12-5-6-13(15)10(2)7-12/h3-8H,1-2H3. The number of halogens is 1. The highest BCUT2D eigenvalue weighted by molar-refractivity contribution is 7.87. The van der Waals surface area contributed by atoms with Crippen molar-refractivity contribution in [2.75, 3.05) is 0 Å². The predicted octanol–water partition coefficient (Wildman–Crippen LogP) is 3.63. The van der Waals surface area contributed by atoms with E-state index >= 15 is 0 Å². The second kappa shape index (κ2) is 5.94. The zero-order chi connectivity index (χ0) is 16.5. The van der Waals surface area contributed by atoms with Gasteiger partial charge in [0, 0.05) is 17.2 Å². The Balaban J connectivity index is 2.44. The molecule has 0 saturated heterocycles. The van der Waals surface area contributed by atoms with Crippen LogP contribution in [0, 0.1) is 24.0 Å². The lowest BCUT2D eigenvalue weighted by molar-refractivity contribution is -0.385. The molecule has 0 aliphatic carbocycles. The molecule has 116 valence electrons. The summed E-state index contributed by atoms with van der Waals surface area (Å²) in [6, 6.07) is 7.99. The number of nitro benzene ring substituents is 1. The first-order chi connectivity index (χ1) is 10.2. The Hall–Kier alpha value is -2.12. The Morgan fingerprint density at radius 3 is 2.36 bits per heavy atom. The van der Waals surface area contributed by atoms with Crippen LogP contribution in [0.5, 0.6) is 5.75 Å². The van der Waals surface area contributed by atoms with Gasteiger partial charge in [-0.1, -0.05) is 17.7 Å². The average Bonchev–Trinajstić information content (AvgIpc) is 2.42. The zero-order valence-corrected chi connectivity index (χ0v) is 13.3. The molecule has 2 aromatic carbocycles. The van der Waals surface area contributed by atoms with E-state index in [2.05, 4.69) is 0 Å². The normalized spacial score (nSPS) is 11.2. The quantitative estimate of drug-likeness (QED) is 0.481. The lowest BCUT2D eigenvalue weighted by Gasteiger charge is -2.10. The highest BCUT2D eigenvalue weighted by Gasteiger charge is 2.22. The van der Waals surface area contributed by atoms with E-state index in [4.69, 9.17) is 15.8 Å². The van der Waals surface area contributed by atoms with E-state index in [0.717, 1.165) is 6.07 Å². The van der Waals surface area contributed by atoms with Crippen molar-refractivity contribution in [1.29, 1.82) is 0 Å². The summed E-state index contributed by atoms with van der Waals surface area (Å²) in [5.74, 6) is 0.0906. The van der Waals surface area contributed by atoms with Crippen LogP contribution < -0.4 is 4.18 Å². The van der Waals surface area contributed by atoms with Crippen molar-refractivity contribution in [3.8, 4) is 5.75 Å². The summed E-state index contributed by atoms with van der Waals surface area (Å²) in [6.45, 7) is 3.24. The van der Waals surface area contributed by atoms with Gasteiger partial charge in [-0.05, 0) is 43.2 Å². The van der Waals surface area contributed by atoms with E-state index in [0.29, 0.717) is 16.1 Å². The van der Waals surface area contributed by atoms with Crippen LogP contribution in [0.15, 0.2) is 41.3 Å². The second-order valence-corrected chi connectivity index (χ2v) is 6.58. The van der Waals surface area contributed by atoms with E-state index in [1.807, 2.05) is 0 Å². The number of hydrogen-bond donors (Lipinski definition) is 0. The molecule has 2 aromatic rings. The third-order valence-electron chi connectivity index (χ3n) is 2.99. The van der Waals surface area contributed by atoms with Gasteiger partial charge in [0.25, 0.3) is 5.69 Å². The Labute approximate surface area is 132 Å². The van der Waals surface area contributed by atoms with E-state index < -0.39 is 15.0 Å². The van der Waals surface area contributed by atoms with Crippen LogP contribution in [0.4, 0.5) is 5.69 Å². The molecule has 8 heteroatoms. The van der Waals surface area contributed by atoms with Crippen LogP contribution in [0.3, 0.4) is 0 Å². The molecular formula is C14H12ClNO5S. The monoisotopic (exact) mass is 341 g/mol. The number of nitrogens with zero attached hydrogens (tertiary/aromatic N) is 1. The molecule has 22 heavy (non-hydrogen) atoms. The molecule has 0 amide bonds. The van der Waals surface area contributed by atoms with Gasteiger partial charge in [0.2, 0.25) is 0 Å². The van der Waals surface area contributed by atoms with Gasteiger partial charge < -0.3 is 4.18 Å². The van der Waals surface area contributed by atoms with Gasteiger partial charge in [0.1, 0.15) is 10.6 Å². The van der Waals surface area contributed by atoms with Crippen LogP contribution in [0.1, 0.15) is 11.1 Å². The summed E-state index contributed by atoms with van der Waals surface area (Å²) in [5, 5.41) is 11.3. The Bertz CT molecular complexity index is 848. The number of hydrogen-bond acceptors (Lipinski definition) is 5. The molecule has 0 saturated carbocycles. The number of benzene rings is 2. The van der Waals surface area contributed by atoms with Gasteiger partial charge in [-0.15, -0.1) is 0 Å². The molecule has 0 atom stereocenters. The van der Waals surface area contributed by atoms with Gasteiger partial charge in [-0.2, -0.15) is 8.42 Å². The maximum absolute atomic E-state index is 12.3. The van der Waals surface area contributed by atoms with Crippen LogP contribution in [0.25, 0.3) is 0 Å². The summed E-state index contributed by atoms with van der Waals surface area (Å²) < 4.78 is 29.7. The smallest absolute Gasteiger partial charge is 0.339 e. The summed E-state index contributed by atoms with van der Waals surface area (Å²) in [5.41, 5.74) is 0.696. The second-order valence-electron chi connectivity index (χ2n) is 4.66. The Morgan fingerprint density at radius 1 is 1.09 bits per heavy atom. The molecule has 6 nitrogen and oxygen atoms in total. The summed E-state index contributed by atoms with van der Waals surface area (Å²) in [6.07, 6.45) is 0. The topological polar surface area (TPSA) is 86.5 Å². The number of non-ortho nitro benzene ring substituents is 1. The maximum atomic E-state index is 12.3. The molecule has 0 fully saturated rings. The molecule has 0 heterocycles. The first-order valence-electron chi connectivity index (χ1n) is 6.16. The largest absolute Gasteiger partial charge is 0.379 e. The third-order valence-corrected chi connectivity index (χ3v) is 4.80. The predicted molar refractivity (Wildman–Crippen MR) is 81.8 cm³/mol. The van der Waals surface area contributed by atoms with Crippen molar-refractivity contribution in [3.05, 3.63) is 62.7 Å². The Kier molecular flexibility index (Phi) is 4.39. The number of rotatable bonds is 4. The van der Waals surface area contributed by atoms with Crippen molar-refractivity contribution in [3.63, 3.8) is 0 Å². The minimum atomic E-state index is -4.18. The molecule has 0 spiro atoms. The first kappa shape index (κ1) is 16.3. The molecule has 0 radical (unpaired) electrons. The SMILES string of the molecule is Cc1cc(OS(=O)(=O)c2cc([N+](=O)[O-])ccc2C)ccc1Cl. The molecule has 0 aliphatic rings. The minimum Gasteiger partial charge on any atom is -0.379 e. The summed E-state index contributed by atoms with van der Waals surface area (Å²) in [4.78, 5) is 9.88. The van der Waals surface area contributed by atoms with Gasteiger partial charge in [-0.25, -0.2) is 0 Å². The van der Waals surface area contributed by atoms with Gasteiger partial charge in [-0.3, -0.25) is 10.1 Å². The highest BCUT2D eigenvalue weighted by atomic mass is 35.5. The summed E-state index contributed by atoms with van der Waals surface area (Å²) >= 11 is 5.87. The van der Waals surface area contributed by atoms with E-state index in [-0.39, 0.29) is 16.3 Å². The van der Waals surface area contributed by atoms with Crippen LogP contribution in [0.2, 0.25) is 5.02 Å². The molecule has 0 unspecified atom stereocenters. The van der Waals surface area contributed by atoms with E-state index in [1.54, 1.807) is 6.92 Å². The van der Waals surface area contributed by atoms with Crippen molar-refractivity contribution < 1.29 is 17.5 Å². The molecule has 0 aromatic heterocycles. The van der Waals surface area contributed by atoms with Crippen molar-refractivity contribution in [2.24, 2.45) is 0 Å². The first-order valence-corrected chi connectivity index (χ1v) is 7.95. The number of aryl methyl sites for hydroxylation is 2. The lowest BCUT2D eigenvalue weighted by atomic mass is 10.2. The Morgan fingerprint density at radius 2 is 1.77 bits per heavy atom. The van der Waals surface area contributed by atoms with Gasteiger partial charge in [0.05, 0.1) is 4.92 Å². The van der Waals surface area contributed by atoms with E-state index in [9.17, 15) is 18.5 Å². The molecular weight excluding hydrogens is 330 g/mol.